The molecule has 2 aromatic carbocycles. The van der Waals surface area contributed by atoms with Gasteiger partial charge in [0.25, 0.3) is 0 Å². The lowest BCUT2D eigenvalue weighted by molar-refractivity contribution is -0.00762. The highest BCUT2D eigenvalue weighted by molar-refractivity contribution is 5.59. The second kappa shape index (κ2) is 13.0. The molecule has 164 valence electrons. The second-order valence-corrected chi connectivity index (χ2v) is 7.85. The number of carbonyl (C=O) groups excluding carboxylic acids is 1. The predicted octanol–water partition coefficient (Wildman–Crippen LogP) is 5.97. The third-order valence-corrected chi connectivity index (χ3v) is 4.77. The Morgan fingerprint density at radius 3 is 1.37 bits per heavy atom. The topological polar surface area (TPSA) is 54.0 Å². The van der Waals surface area contributed by atoms with Gasteiger partial charge >= 0.3 is 6.16 Å². The van der Waals surface area contributed by atoms with Crippen molar-refractivity contribution in [2.24, 2.45) is 11.8 Å². The van der Waals surface area contributed by atoms with E-state index in [1.54, 1.807) is 0 Å². The van der Waals surface area contributed by atoms with Crippen molar-refractivity contribution in [3.8, 4) is 0 Å². The van der Waals surface area contributed by atoms with E-state index in [-0.39, 0.29) is 37.3 Å². The number of carbonyl (C=O) groups is 1. The van der Waals surface area contributed by atoms with E-state index in [0.717, 1.165) is 11.1 Å². The Hall–Kier alpha value is -2.37. The molecule has 5 nitrogen and oxygen atoms in total. The molecule has 0 aromatic heterocycles. The standard InChI is InChI=1S/C25H34O5/c1-19(15-27-21(3)23-11-7-5-8-12-23)17-29-25(26)30-18-20(2)16-28-22(4)24-13-9-6-10-14-24/h5-14,19-22H,15-18H2,1-4H3. The Bertz CT molecular complexity index is 657. The van der Waals surface area contributed by atoms with E-state index in [9.17, 15) is 4.79 Å². The first-order chi connectivity index (χ1) is 14.5. The van der Waals surface area contributed by atoms with Gasteiger partial charge in [0.05, 0.1) is 38.6 Å². The van der Waals surface area contributed by atoms with Crippen LogP contribution in [-0.4, -0.2) is 32.6 Å². The molecular weight excluding hydrogens is 380 g/mol. The van der Waals surface area contributed by atoms with Crippen molar-refractivity contribution >= 4 is 6.16 Å². The molecule has 2 rings (SSSR count). The van der Waals surface area contributed by atoms with Crippen LogP contribution in [0.4, 0.5) is 4.79 Å². The zero-order valence-corrected chi connectivity index (χ0v) is 18.5. The van der Waals surface area contributed by atoms with Crippen molar-refractivity contribution in [2.75, 3.05) is 26.4 Å². The molecule has 4 unspecified atom stereocenters. The van der Waals surface area contributed by atoms with Crippen molar-refractivity contribution in [1.82, 2.24) is 0 Å². The van der Waals surface area contributed by atoms with Gasteiger partial charge in [0.2, 0.25) is 0 Å². The summed E-state index contributed by atoms with van der Waals surface area (Å²) in [4.78, 5) is 11.8. The first kappa shape index (κ1) is 23.9. The van der Waals surface area contributed by atoms with Crippen molar-refractivity contribution in [2.45, 2.75) is 39.9 Å². The molecule has 0 saturated carbocycles. The molecule has 4 atom stereocenters. The summed E-state index contributed by atoms with van der Waals surface area (Å²) in [6.45, 7) is 9.51. The van der Waals surface area contributed by atoms with Crippen LogP contribution in [0.2, 0.25) is 0 Å². The minimum atomic E-state index is -0.652. The first-order valence-corrected chi connectivity index (χ1v) is 10.6. The molecule has 0 fully saturated rings. The van der Waals surface area contributed by atoms with Gasteiger partial charge in [0.15, 0.2) is 0 Å². The summed E-state index contributed by atoms with van der Waals surface area (Å²) < 4.78 is 22.1. The molecular formula is C25H34O5. The van der Waals surface area contributed by atoms with E-state index >= 15 is 0 Å². The van der Waals surface area contributed by atoms with Gasteiger partial charge in [-0.05, 0) is 25.0 Å². The molecule has 0 amide bonds. The summed E-state index contributed by atoms with van der Waals surface area (Å²) >= 11 is 0. The summed E-state index contributed by atoms with van der Waals surface area (Å²) in [6, 6.07) is 20.1. The molecule has 0 N–H and O–H groups in total. The molecule has 0 aliphatic carbocycles. The summed E-state index contributed by atoms with van der Waals surface area (Å²) in [7, 11) is 0. The van der Waals surface area contributed by atoms with Crippen molar-refractivity contribution < 1.29 is 23.7 Å². The highest BCUT2D eigenvalue weighted by Crippen LogP contribution is 2.18. The monoisotopic (exact) mass is 414 g/mol. The van der Waals surface area contributed by atoms with Gasteiger partial charge in [-0.15, -0.1) is 0 Å². The van der Waals surface area contributed by atoms with E-state index in [1.807, 2.05) is 88.4 Å². The SMILES string of the molecule is CC(COC(=O)OCC(C)COC(C)c1ccccc1)COC(C)c1ccccc1. The van der Waals surface area contributed by atoms with Crippen LogP contribution >= 0.6 is 0 Å². The summed E-state index contributed by atoms with van der Waals surface area (Å²) in [5.74, 6) is 0.160. The summed E-state index contributed by atoms with van der Waals surface area (Å²) in [5.41, 5.74) is 2.26. The highest BCUT2D eigenvalue weighted by atomic mass is 16.7. The highest BCUT2D eigenvalue weighted by Gasteiger charge is 2.14. The van der Waals surface area contributed by atoms with Gasteiger partial charge in [-0.3, -0.25) is 0 Å². The van der Waals surface area contributed by atoms with Crippen molar-refractivity contribution in [3.05, 3.63) is 71.8 Å². The molecule has 0 radical (unpaired) electrons. The maximum absolute atomic E-state index is 11.8. The van der Waals surface area contributed by atoms with E-state index in [2.05, 4.69) is 0 Å². The average Bonchev–Trinajstić information content (AvgIpc) is 2.79. The molecule has 0 aliphatic heterocycles. The quantitative estimate of drug-likeness (QED) is 0.401. The van der Waals surface area contributed by atoms with E-state index in [1.165, 1.54) is 0 Å². The summed E-state index contributed by atoms with van der Waals surface area (Å²) in [5, 5.41) is 0. The fourth-order valence-electron chi connectivity index (χ4n) is 2.82. The molecule has 2 aromatic rings. The molecule has 0 heterocycles. The molecule has 0 bridgehead atoms. The van der Waals surface area contributed by atoms with Gasteiger partial charge in [-0.2, -0.15) is 0 Å². The minimum absolute atomic E-state index is 0.000251. The first-order valence-electron chi connectivity index (χ1n) is 10.6. The normalized spacial score (nSPS) is 15.1. The van der Waals surface area contributed by atoms with Gasteiger partial charge < -0.3 is 18.9 Å². The van der Waals surface area contributed by atoms with Crippen LogP contribution in [-0.2, 0) is 18.9 Å². The van der Waals surface area contributed by atoms with Crippen LogP contribution in [0, 0.1) is 11.8 Å². The summed E-state index contributed by atoms with van der Waals surface area (Å²) in [6.07, 6.45) is -0.652. The van der Waals surface area contributed by atoms with Crippen LogP contribution in [0.15, 0.2) is 60.7 Å². The van der Waals surface area contributed by atoms with Gasteiger partial charge in [-0.1, -0.05) is 74.5 Å². The molecule has 0 saturated heterocycles. The Kier molecular flexibility index (Phi) is 10.4. The van der Waals surface area contributed by atoms with Gasteiger partial charge in [-0.25, -0.2) is 4.79 Å². The van der Waals surface area contributed by atoms with Crippen LogP contribution in [0.1, 0.15) is 51.0 Å². The molecule has 0 spiro atoms. The van der Waals surface area contributed by atoms with Crippen LogP contribution in [0.25, 0.3) is 0 Å². The fourth-order valence-corrected chi connectivity index (χ4v) is 2.82. The second-order valence-electron chi connectivity index (χ2n) is 7.85. The zero-order valence-electron chi connectivity index (χ0n) is 18.5. The Balaban J connectivity index is 1.56. The smallest absolute Gasteiger partial charge is 0.434 e. The van der Waals surface area contributed by atoms with Gasteiger partial charge in [0, 0.05) is 11.8 Å². The number of ether oxygens (including phenoxy) is 4. The number of rotatable bonds is 12. The minimum Gasteiger partial charge on any atom is -0.434 e. The van der Waals surface area contributed by atoms with Gasteiger partial charge in [0.1, 0.15) is 0 Å². The Labute approximate surface area is 180 Å². The average molecular weight is 415 g/mol. The van der Waals surface area contributed by atoms with Crippen molar-refractivity contribution in [3.63, 3.8) is 0 Å². The third kappa shape index (κ3) is 8.97. The maximum Gasteiger partial charge on any atom is 0.508 e. The van der Waals surface area contributed by atoms with Crippen LogP contribution in [0.5, 0.6) is 0 Å². The Morgan fingerprint density at radius 1 is 0.633 bits per heavy atom. The zero-order chi connectivity index (χ0) is 21.8. The van der Waals surface area contributed by atoms with Crippen LogP contribution in [0.3, 0.4) is 0 Å². The maximum atomic E-state index is 11.8. The predicted molar refractivity (Wildman–Crippen MR) is 117 cm³/mol. The third-order valence-electron chi connectivity index (χ3n) is 4.77. The number of hydrogen-bond donors (Lipinski definition) is 0. The molecule has 5 heteroatoms. The lowest BCUT2D eigenvalue weighted by atomic mass is 10.1. The largest absolute Gasteiger partial charge is 0.508 e. The molecule has 30 heavy (non-hydrogen) atoms. The number of benzene rings is 2. The fraction of sp³-hybridized carbons (Fsp3) is 0.480. The molecule has 0 aliphatic rings. The van der Waals surface area contributed by atoms with Crippen molar-refractivity contribution in [1.29, 1.82) is 0 Å². The van der Waals surface area contributed by atoms with E-state index in [0.29, 0.717) is 13.2 Å². The lowest BCUT2D eigenvalue weighted by Crippen LogP contribution is -2.21. The van der Waals surface area contributed by atoms with E-state index in [4.69, 9.17) is 18.9 Å². The number of hydrogen-bond acceptors (Lipinski definition) is 5. The van der Waals surface area contributed by atoms with Crippen LogP contribution < -0.4 is 0 Å². The Morgan fingerprint density at radius 2 is 1.00 bits per heavy atom. The lowest BCUT2D eigenvalue weighted by Gasteiger charge is -2.18. The van der Waals surface area contributed by atoms with E-state index < -0.39 is 6.16 Å².